The average Bonchev–Trinajstić information content (AvgIpc) is 3.51. The molecule has 0 saturated heterocycles. The predicted octanol–water partition coefficient (Wildman–Crippen LogP) is 2.00. The maximum Gasteiger partial charge on any atom is 0.260 e. The molecule has 0 aliphatic heterocycles. The van der Waals surface area contributed by atoms with Gasteiger partial charge in [-0.25, -0.2) is 0 Å². The first-order chi connectivity index (χ1) is 13.2. The molecule has 1 aliphatic rings. The summed E-state index contributed by atoms with van der Waals surface area (Å²) in [4.78, 5) is 26.3. The lowest BCUT2D eigenvalue weighted by Crippen LogP contribution is -2.39. The first kappa shape index (κ1) is 21.0. The second kappa shape index (κ2) is 11.4. The lowest BCUT2D eigenvalue weighted by molar-refractivity contribution is -0.134. The fourth-order valence-corrected chi connectivity index (χ4v) is 2.71. The monoisotopic (exact) mass is 378 g/mol. The largest absolute Gasteiger partial charge is 0.493 e. The summed E-state index contributed by atoms with van der Waals surface area (Å²) in [6.45, 7) is 4.21. The second-order valence-corrected chi connectivity index (χ2v) is 6.41. The lowest BCUT2D eigenvalue weighted by Gasteiger charge is -2.22. The van der Waals surface area contributed by atoms with E-state index in [9.17, 15) is 9.59 Å². The topological polar surface area (TPSA) is 77.1 Å². The van der Waals surface area contributed by atoms with Gasteiger partial charge in [0.05, 0.1) is 7.11 Å². The zero-order valence-corrected chi connectivity index (χ0v) is 16.2. The number of rotatable bonds is 13. The summed E-state index contributed by atoms with van der Waals surface area (Å²) in [5, 5.41) is 2.86. The summed E-state index contributed by atoms with van der Waals surface area (Å²) in [6, 6.07) is 7.45. The molecular weight excluding hydrogens is 348 g/mol. The van der Waals surface area contributed by atoms with Gasteiger partial charge in [-0.3, -0.25) is 9.59 Å². The smallest absolute Gasteiger partial charge is 0.260 e. The first-order valence-corrected chi connectivity index (χ1v) is 9.55. The maximum absolute atomic E-state index is 12.6. The molecular formula is C20H30N2O5. The van der Waals surface area contributed by atoms with Crippen molar-refractivity contribution in [1.82, 2.24) is 10.2 Å². The normalized spacial score (nSPS) is 13.1. The fourth-order valence-electron chi connectivity index (χ4n) is 2.71. The predicted molar refractivity (Wildman–Crippen MR) is 102 cm³/mol. The van der Waals surface area contributed by atoms with Crippen LogP contribution in [-0.2, 0) is 14.3 Å². The molecule has 0 aromatic heterocycles. The number of hydrogen-bond acceptors (Lipinski definition) is 5. The minimum Gasteiger partial charge on any atom is -0.493 e. The van der Waals surface area contributed by atoms with E-state index in [-0.39, 0.29) is 24.5 Å². The van der Waals surface area contributed by atoms with E-state index in [2.05, 4.69) is 5.32 Å². The third kappa shape index (κ3) is 7.46. The van der Waals surface area contributed by atoms with Crippen molar-refractivity contribution < 1.29 is 23.8 Å². The van der Waals surface area contributed by atoms with Crippen LogP contribution >= 0.6 is 0 Å². The number of methoxy groups -OCH3 is 1. The molecule has 7 nitrogen and oxygen atoms in total. The van der Waals surface area contributed by atoms with Crippen molar-refractivity contribution in [2.45, 2.75) is 38.6 Å². The number of para-hydroxylation sites is 2. The Labute approximate surface area is 161 Å². The molecule has 0 spiro atoms. The molecule has 1 N–H and O–H groups in total. The van der Waals surface area contributed by atoms with Gasteiger partial charge >= 0.3 is 0 Å². The molecule has 150 valence electrons. The van der Waals surface area contributed by atoms with Gasteiger partial charge in [-0.15, -0.1) is 0 Å². The molecule has 0 heterocycles. The minimum atomic E-state index is -0.104. The van der Waals surface area contributed by atoms with Crippen molar-refractivity contribution in [3.8, 4) is 11.5 Å². The molecule has 0 unspecified atom stereocenters. The molecule has 0 atom stereocenters. The van der Waals surface area contributed by atoms with Gasteiger partial charge in [0.2, 0.25) is 5.91 Å². The molecule has 1 fully saturated rings. The molecule has 27 heavy (non-hydrogen) atoms. The van der Waals surface area contributed by atoms with E-state index in [1.807, 2.05) is 19.1 Å². The number of ether oxygens (including phenoxy) is 3. The van der Waals surface area contributed by atoms with Crippen molar-refractivity contribution in [3.05, 3.63) is 24.3 Å². The zero-order valence-electron chi connectivity index (χ0n) is 16.2. The van der Waals surface area contributed by atoms with Crippen LogP contribution in [0.3, 0.4) is 0 Å². The number of amides is 2. The second-order valence-electron chi connectivity index (χ2n) is 6.41. The van der Waals surface area contributed by atoms with Gasteiger partial charge in [-0.05, 0) is 38.3 Å². The van der Waals surface area contributed by atoms with Gasteiger partial charge in [0.1, 0.15) is 0 Å². The Balaban J connectivity index is 1.74. The Bertz CT molecular complexity index is 604. The Kier molecular flexibility index (Phi) is 8.91. The Morgan fingerprint density at radius 2 is 1.96 bits per heavy atom. The maximum atomic E-state index is 12.6. The molecule has 2 amide bonds. The Morgan fingerprint density at radius 3 is 2.63 bits per heavy atom. The van der Waals surface area contributed by atoms with Crippen molar-refractivity contribution in [2.24, 2.45) is 0 Å². The summed E-state index contributed by atoms with van der Waals surface area (Å²) in [5.41, 5.74) is 0. The van der Waals surface area contributed by atoms with Crippen LogP contribution < -0.4 is 14.8 Å². The quantitative estimate of drug-likeness (QED) is 0.531. The molecule has 1 aromatic carbocycles. The van der Waals surface area contributed by atoms with E-state index in [0.717, 1.165) is 19.3 Å². The number of carbonyl (C=O) groups excluding carboxylic acids is 2. The summed E-state index contributed by atoms with van der Waals surface area (Å²) in [6.07, 6.45) is 3.05. The average molecular weight is 378 g/mol. The Morgan fingerprint density at radius 1 is 1.22 bits per heavy atom. The molecule has 1 saturated carbocycles. The summed E-state index contributed by atoms with van der Waals surface area (Å²) < 4.78 is 16.1. The van der Waals surface area contributed by atoms with Crippen LogP contribution in [-0.4, -0.2) is 62.8 Å². The van der Waals surface area contributed by atoms with Crippen LogP contribution in [0.1, 0.15) is 32.6 Å². The van der Waals surface area contributed by atoms with Gasteiger partial charge < -0.3 is 24.4 Å². The van der Waals surface area contributed by atoms with E-state index in [0.29, 0.717) is 44.2 Å². The fraction of sp³-hybridized carbons (Fsp3) is 0.600. The number of nitrogens with one attached hydrogen (secondary N) is 1. The van der Waals surface area contributed by atoms with Crippen LogP contribution in [0.5, 0.6) is 11.5 Å². The zero-order chi connectivity index (χ0) is 19.5. The standard InChI is InChI=1S/C20H30N2O5/c1-3-26-14-6-12-21-19(23)11-13-22(16-9-10-16)20(24)15-27-18-8-5-4-7-17(18)25-2/h4-5,7-8,16H,3,6,9-15H2,1-2H3,(H,21,23). The van der Waals surface area contributed by atoms with Crippen LogP contribution in [0, 0.1) is 0 Å². The highest BCUT2D eigenvalue weighted by Crippen LogP contribution is 2.28. The molecule has 2 rings (SSSR count). The van der Waals surface area contributed by atoms with Crippen molar-refractivity contribution >= 4 is 11.8 Å². The summed E-state index contributed by atoms with van der Waals surface area (Å²) in [5.74, 6) is 0.981. The third-order valence-electron chi connectivity index (χ3n) is 4.30. The highest BCUT2D eigenvalue weighted by atomic mass is 16.5. The van der Waals surface area contributed by atoms with Crippen LogP contribution in [0.4, 0.5) is 0 Å². The first-order valence-electron chi connectivity index (χ1n) is 9.55. The van der Waals surface area contributed by atoms with Gasteiger partial charge in [0, 0.05) is 38.8 Å². The van der Waals surface area contributed by atoms with Crippen LogP contribution in [0.15, 0.2) is 24.3 Å². The van der Waals surface area contributed by atoms with E-state index >= 15 is 0 Å². The summed E-state index contributed by atoms with van der Waals surface area (Å²) >= 11 is 0. The molecule has 7 heteroatoms. The van der Waals surface area contributed by atoms with E-state index in [1.165, 1.54) is 0 Å². The highest BCUT2D eigenvalue weighted by Gasteiger charge is 2.32. The number of nitrogens with zero attached hydrogens (tertiary/aromatic N) is 1. The van der Waals surface area contributed by atoms with Crippen LogP contribution in [0.25, 0.3) is 0 Å². The number of carbonyl (C=O) groups is 2. The van der Waals surface area contributed by atoms with Crippen molar-refractivity contribution in [1.29, 1.82) is 0 Å². The van der Waals surface area contributed by atoms with E-state index in [4.69, 9.17) is 14.2 Å². The highest BCUT2D eigenvalue weighted by molar-refractivity contribution is 5.80. The van der Waals surface area contributed by atoms with Crippen LogP contribution in [0.2, 0.25) is 0 Å². The molecule has 1 aromatic rings. The van der Waals surface area contributed by atoms with Gasteiger partial charge in [0.15, 0.2) is 18.1 Å². The van der Waals surface area contributed by atoms with Crippen molar-refractivity contribution in [2.75, 3.05) is 40.0 Å². The van der Waals surface area contributed by atoms with Gasteiger partial charge in [-0.2, -0.15) is 0 Å². The molecule has 1 aliphatic carbocycles. The number of hydrogen-bond donors (Lipinski definition) is 1. The van der Waals surface area contributed by atoms with Gasteiger partial charge in [-0.1, -0.05) is 12.1 Å². The number of benzene rings is 1. The van der Waals surface area contributed by atoms with Gasteiger partial charge in [0.25, 0.3) is 5.91 Å². The van der Waals surface area contributed by atoms with Crippen molar-refractivity contribution in [3.63, 3.8) is 0 Å². The van der Waals surface area contributed by atoms with E-state index < -0.39 is 0 Å². The minimum absolute atomic E-state index is 0.0457. The lowest BCUT2D eigenvalue weighted by atomic mass is 10.3. The Hall–Kier alpha value is -2.28. The van der Waals surface area contributed by atoms with E-state index in [1.54, 1.807) is 24.1 Å². The molecule has 0 bridgehead atoms. The third-order valence-corrected chi connectivity index (χ3v) is 4.30. The SMILES string of the molecule is CCOCCCNC(=O)CCN(C(=O)COc1ccccc1OC)C1CC1. The molecule has 0 radical (unpaired) electrons. The summed E-state index contributed by atoms with van der Waals surface area (Å²) in [7, 11) is 1.56.